The first kappa shape index (κ1) is 12.3. The van der Waals surface area contributed by atoms with Gasteiger partial charge in [0.2, 0.25) is 0 Å². The third kappa shape index (κ3) is 2.74. The largest absolute Gasteiger partial charge is 0.483 e. The van der Waals surface area contributed by atoms with Crippen molar-refractivity contribution < 1.29 is 19.4 Å². The minimum atomic E-state index is -0.975. The molecule has 0 radical (unpaired) electrons. The van der Waals surface area contributed by atoms with Crippen LogP contribution in [-0.2, 0) is 4.79 Å². The summed E-state index contributed by atoms with van der Waals surface area (Å²) in [5.41, 5.74) is 1.07. The SMILES string of the molecule is CC1C=Nc2cc(C(=O)CCC(=O)O)ccc2O1. The van der Waals surface area contributed by atoms with Gasteiger partial charge in [-0.25, -0.2) is 0 Å². The summed E-state index contributed by atoms with van der Waals surface area (Å²) in [5.74, 6) is -0.537. The monoisotopic (exact) mass is 247 g/mol. The van der Waals surface area contributed by atoms with Gasteiger partial charge in [-0.1, -0.05) is 0 Å². The molecule has 0 aliphatic carbocycles. The fourth-order valence-electron chi connectivity index (χ4n) is 1.67. The van der Waals surface area contributed by atoms with Crippen LogP contribution >= 0.6 is 0 Å². The van der Waals surface area contributed by atoms with Crippen LogP contribution < -0.4 is 4.74 Å². The zero-order valence-corrected chi connectivity index (χ0v) is 9.92. The first-order chi connectivity index (χ1) is 8.56. The van der Waals surface area contributed by atoms with E-state index in [2.05, 4.69) is 4.99 Å². The van der Waals surface area contributed by atoms with Gasteiger partial charge in [0.05, 0.1) is 6.42 Å². The molecule has 5 heteroatoms. The summed E-state index contributed by atoms with van der Waals surface area (Å²) >= 11 is 0. The molecule has 0 amide bonds. The van der Waals surface area contributed by atoms with E-state index in [0.29, 0.717) is 17.0 Å². The summed E-state index contributed by atoms with van der Waals surface area (Å²) in [5, 5.41) is 8.53. The number of carbonyl (C=O) groups excluding carboxylic acids is 1. The Morgan fingerprint density at radius 1 is 1.39 bits per heavy atom. The van der Waals surface area contributed by atoms with Crippen LogP contribution in [0.4, 0.5) is 5.69 Å². The van der Waals surface area contributed by atoms with Gasteiger partial charge >= 0.3 is 5.97 Å². The van der Waals surface area contributed by atoms with Crippen LogP contribution in [0.3, 0.4) is 0 Å². The van der Waals surface area contributed by atoms with Crippen LogP contribution in [0.2, 0.25) is 0 Å². The molecule has 1 heterocycles. The van der Waals surface area contributed by atoms with E-state index in [-0.39, 0.29) is 24.7 Å². The van der Waals surface area contributed by atoms with E-state index in [1.165, 1.54) is 0 Å². The van der Waals surface area contributed by atoms with Crippen LogP contribution in [0.1, 0.15) is 30.1 Å². The Kier molecular flexibility index (Phi) is 3.41. The lowest BCUT2D eigenvalue weighted by Crippen LogP contribution is -2.16. The quantitative estimate of drug-likeness (QED) is 0.827. The van der Waals surface area contributed by atoms with Crippen LogP contribution in [0.25, 0.3) is 0 Å². The number of carboxylic acids is 1. The highest BCUT2D eigenvalue weighted by Crippen LogP contribution is 2.32. The smallest absolute Gasteiger partial charge is 0.303 e. The highest BCUT2D eigenvalue weighted by molar-refractivity contribution is 5.98. The zero-order chi connectivity index (χ0) is 13.1. The number of benzene rings is 1. The number of carboxylic acid groups (broad SMARTS) is 1. The topological polar surface area (TPSA) is 76.0 Å². The number of fused-ring (bicyclic) bond motifs is 1. The second kappa shape index (κ2) is 5.00. The number of aliphatic imine (C=N–C) groups is 1. The van der Waals surface area contributed by atoms with Gasteiger partial charge in [0.1, 0.15) is 17.5 Å². The maximum atomic E-state index is 11.7. The lowest BCUT2D eigenvalue weighted by Gasteiger charge is -2.17. The Morgan fingerprint density at radius 3 is 2.89 bits per heavy atom. The molecule has 0 saturated carbocycles. The predicted octanol–water partition coefficient (Wildman–Crippen LogP) is 2.22. The summed E-state index contributed by atoms with van der Waals surface area (Å²) in [6.45, 7) is 1.87. The molecule has 1 N–H and O–H groups in total. The van der Waals surface area contributed by atoms with Gasteiger partial charge in [-0.3, -0.25) is 14.6 Å². The van der Waals surface area contributed by atoms with Gasteiger partial charge in [0.15, 0.2) is 5.78 Å². The van der Waals surface area contributed by atoms with Crippen molar-refractivity contribution in [1.29, 1.82) is 0 Å². The van der Waals surface area contributed by atoms with Gasteiger partial charge in [0, 0.05) is 18.2 Å². The minimum Gasteiger partial charge on any atom is -0.483 e. The number of Topliss-reactive ketones (excluding diaryl/α,β-unsaturated/α-hetero) is 1. The Hall–Kier alpha value is -2.17. The minimum absolute atomic E-state index is 0.00487. The Labute approximate surface area is 104 Å². The van der Waals surface area contributed by atoms with Gasteiger partial charge < -0.3 is 9.84 Å². The Morgan fingerprint density at radius 2 is 2.17 bits per heavy atom. The molecule has 1 unspecified atom stereocenters. The lowest BCUT2D eigenvalue weighted by atomic mass is 10.1. The van der Waals surface area contributed by atoms with Crippen LogP contribution in [0.5, 0.6) is 5.75 Å². The van der Waals surface area contributed by atoms with Crippen molar-refractivity contribution in [1.82, 2.24) is 0 Å². The van der Waals surface area contributed by atoms with Crippen molar-refractivity contribution in [3.63, 3.8) is 0 Å². The summed E-state index contributed by atoms with van der Waals surface area (Å²) < 4.78 is 5.51. The molecular weight excluding hydrogens is 234 g/mol. The first-order valence-corrected chi connectivity index (χ1v) is 5.66. The molecule has 0 spiro atoms. The molecule has 0 fully saturated rings. The van der Waals surface area contributed by atoms with E-state index in [1.807, 2.05) is 6.92 Å². The van der Waals surface area contributed by atoms with Crippen molar-refractivity contribution >= 4 is 23.7 Å². The number of hydrogen-bond donors (Lipinski definition) is 1. The molecule has 2 rings (SSSR count). The van der Waals surface area contributed by atoms with Gasteiger partial charge in [0.25, 0.3) is 0 Å². The molecule has 1 aromatic rings. The summed E-state index contributed by atoms with van der Waals surface area (Å²) in [4.78, 5) is 26.3. The van der Waals surface area contributed by atoms with E-state index in [4.69, 9.17) is 9.84 Å². The van der Waals surface area contributed by atoms with Gasteiger partial charge in [-0.15, -0.1) is 0 Å². The van der Waals surface area contributed by atoms with Gasteiger partial charge in [-0.2, -0.15) is 0 Å². The average molecular weight is 247 g/mol. The molecule has 1 aliphatic heterocycles. The van der Waals surface area contributed by atoms with E-state index in [0.717, 1.165) is 0 Å². The van der Waals surface area contributed by atoms with Crippen LogP contribution in [-0.4, -0.2) is 29.2 Å². The molecule has 0 aromatic heterocycles. The number of ketones is 1. The molecule has 94 valence electrons. The third-order valence-electron chi connectivity index (χ3n) is 2.58. The molecule has 1 atom stereocenters. The van der Waals surface area contributed by atoms with Gasteiger partial charge in [-0.05, 0) is 25.1 Å². The number of carbonyl (C=O) groups is 2. The Bertz CT molecular complexity index is 522. The highest BCUT2D eigenvalue weighted by atomic mass is 16.5. The van der Waals surface area contributed by atoms with E-state index < -0.39 is 5.97 Å². The van der Waals surface area contributed by atoms with E-state index >= 15 is 0 Å². The predicted molar refractivity (Wildman–Crippen MR) is 65.9 cm³/mol. The molecule has 18 heavy (non-hydrogen) atoms. The maximum absolute atomic E-state index is 11.7. The van der Waals surface area contributed by atoms with Crippen molar-refractivity contribution in [2.24, 2.45) is 4.99 Å². The van der Waals surface area contributed by atoms with Crippen LogP contribution in [0, 0.1) is 0 Å². The third-order valence-corrected chi connectivity index (χ3v) is 2.58. The maximum Gasteiger partial charge on any atom is 0.303 e. The summed E-state index contributed by atoms with van der Waals surface area (Å²) in [6.07, 6.45) is 1.42. The number of ether oxygens (including phenoxy) is 1. The zero-order valence-electron chi connectivity index (χ0n) is 9.92. The molecule has 0 saturated heterocycles. The van der Waals surface area contributed by atoms with E-state index in [9.17, 15) is 9.59 Å². The number of aliphatic carboxylic acids is 1. The fraction of sp³-hybridized carbons (Fsp3) is 0.308. The molecule has 1 aliphatic rings. The van der Waals surface area contributed by atoms with Crippen LogP contribution in [0.15, 0.2) is 23.2 Å². The first-order valence-electron chi connectivity index (χ1n) is 5.66. The normalized spacial score (nSPS) is 16.8. The van der Waals surface area contributed by atoms with E-state index in [1.54, 1.807) is 24.4 Å². The second-order valence-corrected chi connectivity index (χ2v) is 4.10. The number of nitrogens with zero attached hydrogens (tertiary/aromatic N) is 1. The number of rotatable bonds is 4. The second-order valence-electron chi connectivity index (χ2n) is 4.10. The summed E-state index contributed by atoms with van der Waals surface area (Å²) in [7, 11) is 0. The van der Waals surface area contributed by atoms with Crippen molar-refractivity contribution in [3.8, 4) is 5.75 Å². The fourth-order valence-corrected chi connectivity index (χ4v) is 1.67. The van der Waals surface area contributed by atoms with Crippen molar-refractivity contribution in [2.45, 2.75) is 25.9 Å². The van der Waals surface area contributed by atoms with Crippen molar-refractivity contribution in [3.05, 3.63) is 23.8 Å². The lowest BCUT2D eigenvalue weighted by molar-refractivity contribution is -0.136. The molecule has 5 nitrogen and oxygen atoms in total. The average Bonchev–Trinajstić information content (AvgIpc) is 2.35. The van der Waals surface area contributed by atoms with Crippen molar-refractivity contribution in [2.75, 3.05) is 0 Å². The summed E-state index contributed by atoms with van der Waals surface area (Å²) in [6, 6.07) is 4.95. The molecule has 1 aromatic carbocycles. The standard InChI is InChI=1S/C13H13NO4/c1-8-7-14-10-6-9(2-4-12(10)18-8)11(15)3-5-13(16)17/h2,4,6-8H,3,5H2,1H3,(H,16,17). The number of hydrogen-bond acceptors (Lipinski definition) is 4. The highest BCUT2D eigenvalue weighted by Gasteiger charge is 2.15. The Balaban J connectivity index is 2.15. The molecular formula is C13H13NO4. The molecule has 0 bridgehead atoms.